The van der Waals surface area contributed by atoms with Crippen LogP contribution in [0, 0.1) is 24.2 Å². The summed E-state index contributed by atoms with van der Waals surface area (Å²) < 4.78 is 40.5. The molecule has 2 aromatic carbocycles. The van der Waals surface area contributed by atoms with E-state index in [2.05, 4.69) is 42.8 Å². The van der Waals surface area contributed by atoms with Gasteiger partial charge in [-0.05, 0) is 55.0 Å². The molecule has 0 saturated heterocycles. The minimum absolute atomic E-state index is 0.0171. The van der Waals surface area contributed by atoms with E-state index in [-0.39, 0.29) is 11.6 Å². The van der Waals surface area contributed by atoms with Crippen molar-refractivity contribution >= 4 is 17.1 Å². The first-order valence-corrected chi connectivity index (χ1v) is 10.1. The SMILES string of the molecule is Cc1ccc(C(F)(F)F)cc1N1c2ccccc2N(C)C1[C@@]1(C)C(C)[C@H]1C1=CC1. The number of fused-ring (bicyclic) bond motifs is 1. The fraction of sp³-hybridized carbons (Fsp3) is 0.417. The zero-order chi connectivity index (χ0) is 20.7. The van der Waals surface area contributed by atoms with Gasteiger partial charge in [0, 0.05) is 18.2 Å². The molecule has 29 heavy (non-hydrogen) atoms. The molecule has 1 saturated carbocycles. The highest BCUT2D eigenvalue weighted by Gasteiger charge is 2.68. The minimum atomic E-state index is -4.36. The summed E-state index contributed by atoms with van der Waals surface area (Å²) in [5.74, 6) is 0.990. The largest absolute Gasteiger partial charge is 0.416 e. The molecular formula is C24H25F3N2. The smallest absolute Gasteiger partial charge is 0.352 e. The molecule has 2 aromatic rings. The molecule has 1 aliphatic heterocycles. The van der Waals surface area contributed by atoms with Crippen molar-refractivity contribution in [1.82, 2.24) is 0 Å². The monoisotopic (exact) mass is 398 g/mol. The van der Waals surface area contributed by atoms with Crippen molar-refractivity contribution in [3.05, 3.63) is 65.2 Å². The Hall–Kier alpha value is -2.43. The molecule has 0 aromatic heterocycles. The summed E-state index contributed by atoms with van der Waals surface area (Å²) >= 11 is 0. The molecule has 152 valence electrons. The van der Waals surface area contributed by atoms with E-state index in [1.165, 1.54) is 17.7 Å². The molecular weight excluding hydrogens is 373 g/mol. The molecule has 2 unspecified atom stereocenters. The summed E-state index contributed by atoms with van der Waals surface area (Å²) in [5.41, 5.74) is 4.43. The van der Waals surface area contributed by atoms with Crippen molar-refractivity contribution in [2.45, 2.75) is 39.5 Å². The first-order valence-electron chi connectivity index (χ1n) is 10.1. The van der Waals surface area contributed by atoms with E-state index in [1.54, 1.807) is 6.07 Å². The molecule has 0 radical (unpaired) electrons. The number of benzene rings is 2. The van der Waals surface area contributed by atoms with Crippen molar-refractivity contribution in [3.8, 4) is 0 Å². The van der Waals surface area contributed by atoms with Crippen LogP contribution in [0.4, 0.5) is 30.2 Å². The molecule has 1 fully saturated rings. The average Bonchev–Trinajstić information content (AvgIpc) is 3.55. The van der Waals surface area contributed by atoms with Crippen molar-refractivity contribution in [1.29, 1.82) is 0 Å². The van der Waals surface area contributed by atoms with E-state index in [0.29, 0.717) is 17.5 Å². The second kappa shape index (κ2) is 5.80. The number of hydrogen-bond acceptors (Lipinski definition) is 2. The maximum absolute atomic E-state index is 13.5. The third kappa shape index (κ3) is 2.55. The first-order chi connectivity index (χ1) is 13.7. The molecule has 4 atom stereocenters. The molecule has 0 N–H and O–H groups in total. The summed E-state index contributed by atoms with van der Waals surface area (Å²) in [6.07, 6.45) is -1.02. The van der Waals surface area contributed by atoms with Crippen LogP contribution in [-0.4, -0.2) is 13.2 Å². The average molecular weight is 398 g/mol. The van der Waals surface area contributed by atoms with E-state index in [9.17, 15) is 13.2 Å². The van der Waals surface area contributed by atoms with Crippen LogP contribution in [0.15, 0.2) is 54.1 Å². The number of aryl methyl sites for hydroxylation is 1. The van der Waals surface area contributed by atoms with Gasteiger partial charge in [-0.3, -0.25) is 0 Å². The second-order valence-electron chi connectivity index (χ2n) is 8.96. The van der Waals surface area contributed by atoms with E-state index in [4.69, 9.17) is 0 Å². The van der Waals surface area contributed by atoms with Crippen LogP contribution in [0.3, 0.4) is 0 Å². The summed E-state index contributed by atoms with van der Waals surface area (Å²) in [6, 6.07) is 12.1. The summed E-state index contributed by atoms with van der Waals surface area (Å²) in [7, 11) is 2.07. The predicted molar refractivity (Wildman–Crippen MR) is 110 cm³/mol. The number of hydrogen-bond donors (Lipinski definition) is 0. The molecule has 5 rings (SSSR count). The summed E-state index contributed by atoms with van der Waals surface area (Å²) in [4.78, 5) is 4.41. The maximum Gasteiger partial charge on any atom is 0.416 e. The Kier molecular flexibility index (Phi) is 3.72. The van der Waals surface area contributed by atoms with Crippen LogP contribution in [0.25, 0.3) is 0 Å². The standard InChI is InChI=1S/C24H25F3N2/c1-14-9-12-17(24(25,26)27)13-20(14)29-19-8-6-5-7-18(19)28(4)22(29)23(3)15(2)21(23)16-10-11-16/h5-10,12-13,15,21-22H,11H2,1-4H3/t15?,21-,22?,23-/m0/s1. The van der Waals surface area contributed by atoms with Crippen LogP contribution in [-0.2, 0) is 6.18 Å². The number of allylic oxidation sites excluding steroid dienone is 2. The number of nitrogens with zero attached hydrogens (tertiary/aromatic N) is 2. The van der Waals surface area contributed by atoms with E-state index in [0.717, 1.165) is 23.4 Å². The molecule has 0 amide bonds. The Labute approximate surface area is 169 Å². The normalized spacial score (nSPS) is 30.3. The van der Waals surface area contributed by atoms with E-state index >= 15 is 0 Å². The lowest BCUT2D eigenvalue weighted by Gasteiger charge is -2.38. The van der Waals surface area contributed by atoms with E-state index in [1.807, 2.05) is 25.1 Å². The lowest BCUT2D eigenvalue weighted by atomic mass is 9.96. The molecule has 1 heterocycles. The topological polar surface area (TPSA) is 6.48 Å². The van der Waals surface area contributed by atoms with Crippen LogP contribution < -0.4 is 9.80 Å². The molecule has 2 nitrogen and oxygen atoms in total. The van der Waals surface area contributed by atoms with Crippen molar-refractivity contribution in [2.24, 2.45) is 17.3 Å². The number of alkyl halides is 3. The highest BCUT2D eigenvalue weighted by molar-refractivity contribution is 5.85. The van der Waals surface area contributed by atoms with Gasteiger partial charge in [0.15, 0.2) is 0 Å². The number of rotatable bonds is 3. The zero-order valence-electron chi connectivity index (χ0n) is 17.1. The van der Waals surface area contributed by atoms with Crippen LogP contribution >= 0.6 is 0 Å². The van der Waals surface area contributed by atoms with Gasteiger partial charge in [-0.25, -0.2) is 0 Å². The van der Waals surface area contributed by atoms with Crippen LogP contribution in [0.1, 0.15) is 31.4 Å². The van der Waals surface area contributed by atoms with E-state index < -0.39 is 11.7 Å². The Bertz CT molecular complexity index is 1030. The molecule has 2 aliphatic carbocycles. The van der Waals surface area contributed by atoms with Crippen molar-refractivity contribution in [3.63, 3.8) is 0 Å². The fourth-order valence-corrected chi connectivity index (χ4v) is 5.59. The van der Waals surface area contributed by atoms with Crippen molar-refractivity contribution in [2.75, 3.05) is 16.8 Å². The maximum atomic E-state index is 13.5. The van der Waals surface area contributed by atoms with Gasteiger partial charge in [-0.2, -0.15) is 13.2 Å². The fourth-order valence-electron chi connectivity index (χ4n) is 5.59. The minimum Gasteiger partial charge on any atom is -0.352 e. The number of para-hydroxylation sites is 2. The van der Waals surface area contributed by atoms with Gasteiger partial charge in [0.1, 0.15) is 6.17 Å². The van der Waals surface area contributed by atoms with Gasteiger partial charge >= 0.3 is 6.18 Å². The Morgan fingerprint density at radius 3 is 2.31 bits per heavy atom. The second-order valence-corrected chi connectivity index (χ2v) is 8.96. The quantitative estimate of drug-likeness (QED) is 0.542. The van der Waals surface area contributed by atoms with Gasteiger partial charge in [0.05, 0.1) is 16.9 Å². The predicted octanol–water partition coefficient (Wildman–Crippen LogP) is 6.53. The van der Waals surface area contributed by atoms with Gasteiger partial charge in [-0.1, -0.05) is 43.7 Å². The highest BCUT2D eigenvalue weighted by Crippen LogP contribution is 2.70. The summed E-state index contributed by atoms with van der Waals surface area (Å²) in [6.45, 7) is 6.47. The Morgan fingerprint density at radius 1 is 1.03 bits per heavy atom. The molecule has 0 bridgehead atoms. The number of anilines is 3. The van der Waals surface area contributed by atoms with Gasteiger partial charge in [-0.15, -0.1) is 0 Å². The Morgan fingerprint density at radius 2 is 1.69 bits per heavy atom. The molecule has 3 aliphatic rings. The lowest BCUT2D eigenvalue weighted by Crippen LogP contribution is -2.46. The van der Waals surface area contributed by atoms with Gasteiger partial charge in [0.25, 0.3) is 0 Å². The van der Waals surface area contributed by atoms with Crippen LogP contribution in [0.2, 0.25) is 0 Å². The van der Waals surface area contributed by atoms with Gasteiger partial charge < -0.3 is 9.80 Å². The van der Waals surface area contributed by atoms with Crippen LogP contribution in [0.5, 0.6) is 0 Å². The molecule has 5 heteroatoms. The van der Waals surface area contributed by atoms with Crippen molar-refractivity contribution < 1.29 is 13.2 Å². The molecule has 0 spiro atoms. The third-order valence-corrected chi connectivity index (χ3v) is 7.37. The third-order valence-electron chi connectivity index (χ3n) is 7.37. The zero-order valence-corrected chi connectivity index (χ0v) is 17.1. The lowest BCUT2D eigenvalue weighted by molar-refractivity contribution is -0.137. The first kappa shape index (κ1) is 18.6. The Balaban J connectivity index is 1.68. The highest BCUT2D eigenvalue weighted by atomic mass is 19.4. The number of halogens is 3. The van der Waals surface area contributed by atoms with Gasteiger partial charge in [0.2, 0.25) is 0 Å². The summed E-state index contributed by atoms with van der Waals surface area (Å²) in [5, 5.41) is 0.